The molecule has 3 rings (SSSR count). The predicted molar refractivity (Wildman–Crippen MR) is 97.7 cm³/mol. The maximum absolute atomic E-state index is 13.8. The largest absolute Gasteiger partial charge is 0.497 e. The second-order valence-corrected chi connectivity index (χ2v) is 6.90. The number of nitrogens with one attached hydrogen (secondary N) is 2. The van der Waals surface area contributed by atoms with Crippen molar-refractivity contribution in [2.45, 2.75) is 17.9 Å². The number of ketones is 1. The van der Waals surface area contributed by atoms with E-state index in [9.17, 15) is 27.9 Å². The lowest BCUT2D eigenvalue weighted by molar-refractivity contribution is -0.287. The van der Waals surface area contributed by atoms with Gasteiger partial charge in [-0.05, 0) is 42.0 Å². The zero-order valence-corrected chi connectivity index (χ0v) is 15.7. The van der Waals surface area contributed by atoms with E-state index < -0.39 is 35.7 Å². The highest BCUT2D eigenvalue weighted by Crippen LogP contribution is 2.44. The van der Waals surface area contributed by atoms with Crippen molar-refractivity contribution in [1.29, 1.82) is 0 Å². The lowest BCUT2D eigenvalue weighted by Gasteiger charge is -2.45. The van der Waals surface area contributed by atoms with E-state index in [1.54, 1.807) is 6.07 Å². The van der Waals surface area contributed by atoms with Gasteiger partial charge >= 0.3 is 12.2 Å². The summed E-state index contributed by atoms with van der Waals surface area (Å²) in [6, 6.07) is 8.31. The highest BCUT2D eigenvalue weighted by molar-refractivity contribution is 6.30. The molecule has 2 aromatic rings. The SMILES string of the molecule is COc1cccc([C@@H]2NC(=O)N[C@@](O)(C(F)(F)F)[C@@H]2C(=O)c2ccc(Cl)cc2)c1. The maximum atomic E-state index is 13.8. The third-order valence-corrected chi connectivity index (χ3v) is 4.92. The Labute approximate surface area is 168 Å². The van der Waals surface area contributed by atoms with Crippen LogP contribution in [0.3, 0.4) is 0 Å². The second-order valence-electron chi connectivity index (χ2n) is 6.47. The zero-order valence-electron chi connectivity index (χ0n) is 15.0. The van der Waals surface area contributed by atoms with E-state index in [-0.39, 0.29) is 16.1 Å². The van der Waals surface area contributed by atoms with Gasteiger partial charge in [0.25, 0.3) is 0 Å². The topological polar surface area (TPSA) is 87.7 Å². The van der Waals surface area contributed by atoms with Crippen molar-refractivity contribution in [2.75, 3.05) is 7.11 Å². The molecular weight excluding hydrogens is 413 g/mol. The number of rotatable bonds is 4. The number of urea groups is 1. The number of benzene rings is 2. The number of carbonyl (C=O) groups is 2. The molecule has 29 heavy (non-hydrogen) atoms. The van der Waals surface area contributed by atoms with Gasteiger partial charge in [-0.3, -0.25) is 4.79 Å². The number of amides is 2. The van der Waals surface area contributed by atoms with Crippen molar-refractivity contribution in [3.8, 4) is 5.75 Å². The fourth-order valence-corrected chi connectivity index (χ4v) is 3.37. The third-order valence-electron chi connectivity index (χ3n) is 4.67. The van der Waals surface area contributed by atoms with Crippen LogP contribution in [0.4, 0.5) is 18.0 Å². The van der Waals surface area contributed by atoms with Crippen molar-refractivity contribution >= 4 is 23.4 Å². The van der Waals surface area contributed by atoms with E-state index >= 15 is 0 Å². The van der Waals surface area contributed by atoms with E-state index in [1.807, 2.05) is 0 Å². The Morgan fingerprint density at radius 1 is 1.21 bits per heavy atom. The summed E-state index contributed by atoms with van der Waals surface area (Å²) in [5, 5.41) is 14.6. The highest BCUT2D eigenvalue weighted by atomic mass is 35.5. The summed E-state index contributed by atoms with van der Waals surface area (Å²) < 4.78 is 46.6. The van der Waals surface area contributed by atoms with Gasteiger partial charge in [0.1, 0.15) is 11.7 Å². The molecule has 1 aliphatic heterocycles. The Morgan fingerprint density at radius 3 is 2.45 bits per heavy atom. The molecule has 0 aromatic heterocycles. The number of carbonyl (C=O) groups excluding carboxylic acids is 2. The Kier molecular flexibility index (Phi) is 5.46. The second kappa shape index (κ2) is 7.57. The van der Waals surface area contributed by atoms with Crippen LogP contribution in [0, 0.1) is 5.92 Å². The highest BCUT2D eigenvalue weighted by Gasteiger charge is 2.66. The average Bonchev–Trinajstić information content (AvgIpc) is 2.66. The van der Waals surface area contributed by atoms with Crippen molar-refractivity contribution in [3.63, 3.8) is 0 Å². The van der Waals surface area contributed by atoms with Crippen LogP contribution >= 0.6 is 11.6 Å². The molecule has 0 bridgehead atoms. The number of hydrogen-bond donors (Lipinski definition) is 3. The number of aliphatic hydroxyl groups is 1. The molecule has 2 aromatic carbocycles. The number of methoxy groups -OCH3 is 1. The van der Waals surface area contributed by atoms with Crippen molar-refractivity contribution in [3.05, 3.63) is 64.7 Å². The molecule has 3 atom stereocenters. The molecule has 6 nitrogen and oxygen atoms in total. The normalized spacial score (nSPS) is 24.4. The first-order valence-corrected chi connectivity index (χ1v) is 8.76. The molecule has 10 heteroatoms. The lowest BCUT2D eigenvalue weighted by atomic mass is 9.77. The maximum Gasteiger partial charge on any atom is 0.437 e. The fraction of sp³-hybridized carbons (Fsp3) is 0.263. The summed E-state index contributed by atoms with van der Waals surface area (Å²) in [4.78, 5) is 25.1. The van der Waals surface area contributed by atoms with E-state index in [4.69, 9.17) is 16.3 Å². The monoisotopic (exact) mass is 428 g/mol. The van der Waals surface area contributed by atoms with E-state index in [0.29, 0.717) is 5.75 Å². The molecule has 1 saturated heterocycles. The van der Waals surface area contributed by atoms with Gasteiger partial charge in [0.05, 0.1) is 13.2 Å². The van der Waals surface area contributed by atoms with E-state index in [2.05, 4.69) is 5.32 Å². The summed E-state index contributed by atoms with van der Waals surface area (Å²) in [7, 11) is 1.36. The van der Waals surface area contributed by atoms with Crippen LogP contribution in [0.5, 0.6) is 5.75 Å². The molecule has 0 unspecified atom stereocenters. The molecule has 2 amide bonds. The molecule has 154 valence electrons. The van der Waals surface area contributed by atoms with Crippen LogP contribution in [-0.2, 0) is 0 Å². The van der Waals surface area contributed by atoms with Gasteiger partial charge < -0.3 is 20.5 Å². The first-order valence-electron chi connectivity index (χ1n) is 8.38. The quantitative estimate of drug-likeness (QED) is 0.651. The summed E-state index contributed by atoms with van der Waals surface area (Å²) in [6.07, 6.45) is -5.32. The van der Waals surface area contributed by atoms with Crippen LogP contribution in [0.25, 0.3) is 0 Å². The van der Waals surface area contributed by atoms with Gasteiger partial charge in [0.2, 0.25) is 5.72 Å². The zero-order chi connectivity index (χ0) is 21.4. The lowest BCUT2D eigenvalue weighted by Crippen LogP contribution is -2.72. The summed E-state index contributed by atoms with van der Waals surface area (Å²) >= 11 is 5.78. The van der Waals surface area contributed by atoms with Crippen LogP contribution in [-0.4, -0.2) is 35.9 Å². The minimum atomic E-state index is -5.32. The van der Waals surface area contributed by atoms with Crippen molar-refractivity contribution in [2.24, 2.45) is 5.92 Å². The summed E-state index contributed by atoms with van der Waals surface area (Å²) in [5.74, 6) is -2.83. The Hall–Kier alpha value is -2.78. The smallest absolute Gasteiger partial charge is 0.437 e. The molecule has 0 radical (unpaired) electrons. The van der Waals surface area contributed by atoms with Gasteiger partial charge in [-0.1, -0.05) is 23.7 Å². The standard InChI is InChI=1S/C19H16ClF3N2O4/c1-29-13-4-2-3-11(9-13)15-14(16(26)10-5-7-12(20)8-6-10)18(28,19(21,22)23)25-17(27)24-15/h2-9,14-15,28H,1H3,(H2,24,25,27)/t14-,15-,18-/m0/s1. The first-order chi connectivity index (χ1) is 13.6. The van der Waals surface area contributed by atoms with Gasteiger partial charge in [-0.15, -0.1) is 0 Å². The molecule has 1 heterocycles. The van der Waals surface area contributed by atoms with Crippen molar-refractivity contribution in [1.82, 2.24) is 10.6 Å². The number of ether oxygens (including phenoxy) is 1. The van der Waals surface area contributed by atoms with Crippen LogP contribution in [0.15, 0.2) is 48.5 Å². The van der Waals surface area contributed by atoms with Gasteiger partial charge in [0, 0.05) is 10.6 Å². The van der Waals surface area contributed by atoms with Gasteiger partial charge in [-0.2, -0.15) is 13.2 Å². The summed E-state index contributed by atoms with van der Waals surface area (Å²) in [6.45, 7) is 0. The van der Waals surface area contributed by atoms with E-state index in [0.717, 1.165) is 0 Å². The number of hydrogen-bond acceptors (Lipinski definition) is 4. The van der Waals surface area contributed by atoms with Crippen LogP contribution in [0.1, 0.15) is 22.0 Å². The molecular formula is C19H16ClF3N2O4. The molecule has 1 aliphatic rings. The Balaban J connectivity index is 2.16. The average molecular weight is 429 g/mol. The minimum absolute atomic E-state index is 0.104. The number of Topliss-reactive ketones (excluding diaryl/α,β-unsaturated/α-hetero) is 1. The van der Waals surface area contributed by atoms with Crippen LogP contribution < -0.4 is 15.4 Å². The number of halogens is 4. The predicted octanol–water partition coefficient (Wildman–Crippen LogP) is 3.45. The Bertz CT molecular complexity index is 936. The van der Waals surface area contributed by atoms with Crippen LogP contribution in [0.2, 0.25) is 5.02 Å². The third kappa shape index (κ3) is 3.88. The summed E-state index contributed by atoms with van der Waals surface area (Å²) in [5.41, 5.74) is -3.73. The Morgan fingerprint density at radius 2 is 1.86 bits per heavy atom. The molecule has 3 N–H and O–H groups in total. The molecule has 0 aliphatic carbocycles. The first kappa shape index (κ1) is 20.9. The molecule has 1 fully saturated rings. The van der Waals surface area contributed by atoms with Gasteiger partial charge in [0.15, 0.2) is 5.78 Å². The van der Waals surface area contributed by atoms with E-state index in [1.165, 1.54) is 54.9 Å². The van der Waals surface area contributed by atoms with Gasteiger partial charge in [-0.25, -0.2) is 4.79 Å². The fourth-order valence-electron chi connectivity index (χ4n) is 3.25. The molecule has 0 spiro atoms. The minimum Gasteiger partial charge on any atom is -0.497 e. The number of alkyl halides is 3. The molecule has 0 saturated carbocycles. The van der Waals surface area contributed by atoms with Crippen molar-refractivity contribution < 1.29 is 32.6 Å².